The number of hydrogen-bond donors (Lipinski definition) is 0. The molecule has 1 aromatic heterocycles. The minimum atomic E-state index is -0.0484. The average molecular weight is 287 g/mol. The molecule has 108 valence electrons. The maximum atomic E-state index is 6.05. The van der Waals surface area contributed by atoms with Crippen LogP contribution in [0.1, 0.15) is 37.7 Å². The number of benzene rings is 2. The second-order valence-corrected chi connectivity index (χ2v) is 6.39. The molecule has 0 saturated heterocycles. The van der Waals surface area contributed by atoms with Gasteiger partial charge in [0.2, 0.25) is 0 Å². The van der Waals surface area contributed by atoms with E-state index in [1.54, 1.807) is 0 Å². The van der Waals surface area contributed by atoms with Gasteiger partial charge in [0.15, 0.2) is 0 Å². The van der Waals surface area contributed by atoms with Gasteiger partial charge in [0.05, 0.1) is 22.4 Å². The van der Waals surface area contributed by atoms with Crippen LogP contribution in [0.5, 0.6) is 0 Å². The summed E-state index contributed by atoms with van der Waals surface area (Å²) in [5.41, 5.74) is 2.86. The molecule has 0 bridgehead atoms. The van der Waals surface area contributed by atoms with Crippen LogP contribution >= 0.6 is 0 Å². The largest absolute Gasteiger partial charge is 0.361 e. The molecule has 0 aliphatic heterocycles. The third-order valence-electron chi connectivity index (χ3n) is 3.53. The van der Waals surface area contributed by atoms with Gasteiger partial charge < -0.3 is 0 Å². The van der Waals surface area contributed by atoms with Crippen molar-refractivity contribution in [1.82, 2.24) is 0 Å². The van der Waals surface area contributed by atoms with E-state index in [1.807, 2.05) is 48.5 Å². The van der Waals surface area contributed by atoms with Crippen LogP contribution in [0.15, 0.2) is 65.1 Å². The molecular formula is C21H19O+. The van der Waals surface area contributed by atoms with E-state index >= 15 is 0 Å². The van der Waals surface area contributed by atoms with E-state index in [-0.39, 0.29) is 5.41 Å². The van der Waals surface area contributed by atoms with Crippen LogP contribution in [0, 0.1) is 11.8 Å². The van der Waals surface area contributed by atoms with Gasteiger partial charge in [0.1, 0.15) is 0 Å². The first-order chi connectivity index (χ1) is 10.5. The molecule has 3 rings (SSSR count). The van der Waals surface area contributed by atoms with E-state index in [4.69, 9.17) is 4.42 Å². The summed E-state index contributed by atoms with van der Waals surface area (Å²) >= 11 is 0. The van der Waals surface area contributed by atoms with Gasteiger partial charge in [0, 0.05) is 11.6 Å². The summed E-state index contributed by atoms with van der Waals surface area (Å²) in [6.45, 7) is 6.44. The van der Waals surface area contributed by atoms with Crippen molar-refractivity contribution in [2.45, 2.75) is 26.2 Å². The first kappa shape index (κ1) is 14.4. The van der Waals surface area contributed by atoms with Crippen molar-refractivity contribution in [3.05, 3.63) is 77.6 Å². The molecule has 0 saturated carbocycles. The molecule has 1 heteroatoms. The van der Waals surface area contributed by atoms with Crippen LogP contribution in [-0.4, -0.2) is 0 Å². The lowest BCUT2D eigenvalue weighted by atomic mass is 9.91. The van der Waals surface area contributed by atoms with Crippen molar-refractivity contribution in [2.24, 2.45) is 0 Å². The van der Waals surface area contributed by atoms with Crippen molar-refractivity contribution >= 4 is 11.0 Å². The third kappa shape index (κ3) is 3.02. The van der Waals surface area contributed by atoms with E-state index in [1.165, 1.54) is 0 Å². The summed E-state index contributed by atoms with van der Waals surface area (Å²) < 4.78 is 6.05. The van der Waals surface area contributed by atoms with Gasteiger partial charge in [0.25, 0.3) is 0 Å². The molecule has 0 aliphatic rings. The van der Waals surface area contributed by atoms with Crippen LogP contribution in [0.3, 0.4) is 0 Å². The molecule has 0 aliphatic carbocycles. The van der Waals surface area contributed by atoms with Gasteiger partial charge in [-0.05, 0) is 39.0 Å². The fourth-order valence-corrected chi connectivity index (χ4v) is 2.27. The molecule has 0 amide bonds. The third-order valence-corrected chi connectivity index (χ3v) is 3.53. The van der Waals surface area contributed by atoms with Crippen LogP contribution < -0.4 is 0 Å². The minimum Gasteiger partial charge on any atom is -0.212 e. The molecule has 3 aromatic rings. The van der Waals surface area contributed by atoms with E-state index in [9.17, 15) is 0 Å². The Balaban J connectivity index is 2.18. The number of hydrogen-bond acceptors (Lipinski definition) is 0. The summed E-state index contributed by atoms with van der Waals surface area (Å²) in [4.78, 5) is 0. The molecule has 1 nitrogen and oxygen atoms in total. The van der Waals surface area contributed by atoms with Gasteiger partial charge in [-0.2, -0.15) is 0 Å². The Hall–Kier alpha value is -2.59. The lowest BCUT2D eigenvalue weighted by Gasteiger charge is -2.09. The fourth-order valence-electron chi connectivity index (χ4n) is 2.27. The highest BCUT2D eigenvalue weighted by molar-refractivity contribution is 5.83. The highest BCUT2D eigenvalue weighted by atomic mass is 16.3. The van der Waals surface area contributed by atoms with Crippen LogP contribution in [0.4, 0.5) is 0 Å². The van der Waals surface area contributed by atoms with Crippen molar-refractivity contribution in [3.63, 3.8) is 0 Å². The first-order valence-electron chi connectivity index (χ1n) is 7.47. The van der Waals surface area contributed by atoms with Crippen molar-refractivity contribution in [3.8, 4) is 11.8 Å². The Kier molecular flexibility index (Phi) is 3.69. The van der Waals surface area contributed by atoms with Crippen LogP contribution in [0.2, 0.25) is 0 Å². The van der Waals surface area contributed by atoms with Gasteiger partial charge in [-0.15, -0.1) is 0 Å². The molecular weight excluding hydrogens is 268 g/mol. The van der Waals surface area contributed by atoms with E-state index < -0.39 is 0 Å². The van der Waals surface area contributed by atoms with E-state index in [2.05, 4.69) is 44.7 Å². The van der Waals surface area contributed by atoms with Crippen LogP contribution in [-0.2, 0) is 5.41 Å². The molecule has 2 aromatic carbocycles. The Bertz CT molecular complexity index is 859. The summed E-state index contributed by atoms with van der Waals surface area (Å²) in [6.07, 6.45) is 0. The Morgan fingerprint density at radius 3 is 2.23 bits per heavy atom. The zero-order valence-corrected chi connectivity index (χ0v) is 13.2. The van der Waals surface area contributed by atoms with Crippen molar-refractivity contribution in [2.75, 3.05) is 0 Å². The highest BCUT2D eigenvalue weighted by Gasteiger charge is 2.28. The van der Waals surface area contributed by atoms with Gasteiger partial charge >= 0.3 is 11.3 Å². The van der Waals surface area contributed by atoms with Gasteiger partial charge in [-0.3, -0.25) is 0 Å². The molecule has 0 radical (unpaired) electrons. The molecule has 0 unspecified atom stereocenters. The topological polar surface area (TPSA) is 11.3 Å². The SMILES string of the molecule is CC(C)(C)c1cc(C#Cc2ccccc2)c2ccccc2[o+]1. The molecule has 0 N–H and O–H groups in total. The molecule has 0 spiro atoms. The fraction of sp³-hybridized carbons (Fsp3) is 0.190. The van der Waals surface area contributed by atoms with Gasteiger partial charge in [-0.1, -0.05) is 42.2 Å². The van der Waals surface area contributed by atoms with Crippen molar-refractivity contribution in [1.29, 1.82) is 0 Å². The minimum absolute atomic E-state index is 0.0484. The summed E-state index contributed by atoms with van der Waals surface area (Å²) in [7, 11) is 0. The monoisotopic (exact) mass is 287 g/mol. The average Bonchev–Trinajstić information content (AvgIpc) is 2.52. The van der Waals surface area contributed by atoms with Crippen molar-refractivity contribution < 1.29 is 4.42 Å². The highest BCUT2D eigenvalue weighted by Crippen LogP contribution is 2.28. The van der Waals surface area contributed by atoms with Crippen LogP contribution in [0.25, 0.3) is 11.0 Å². The summed E-state index contributed by atoms with van der Waals surface area (Å²) in [5, 5.41) is 1.05. The quantitative estimate of drug-likeness (QED) is 0.397. The Morgan fingerprint density at radius 1 is 0.818 bits per heavy atom. The summed E-state index contributed by atoms with van der Waals surface area (Å²) in [5.74, 6) is 7.49. The molecule has 0 fully saturated rings. The lowest BCUT2D eigenvalue weighted by Crippen LogP contribution is -2.11. The zero-order valence-electron chi connectivity index (χ0n) is 13.2. The van der Waals surface area contributed by atoms with Gasteiger partial charge in [-0.25, -0.2) is 4.42 Å². The predicted octanol–water partition coefficient (Wildman–Crippen LogP) is 5.41. The Morgan fingerprint density at radius 2 is 1.50 bits per heavy atom. The summed E-state index contributed by atoms with van der Waals surface area (Å²) in [6, 6.07) is 20.2. The number of rotatable bonds is 0. The second-order valence-electron chi connectivity index (χ2n) is 6.39. The van der Waals surface area contributed by atoms with E-state index in [0.717, 1.165) is 27.9 Å². The molecule has 22 heavy (non-hydrogen) atoms. The smallest absolute Gasteiger partial charge is 0.212 e. The van der Waals surface area contributed by atoms with E-state index in [0.29, 0.717) is 0 Å². The second kappa shape index (κ2) is 5.66. The maximum Gasteiger partial charge on any atom is 0.361 e. The molecule has 1 heterocycles. The predicted molar refractivity (Wildman–Crippen MR) is 91.7 cm³/mol. The zero-order chi connectivity index (χ0) is 15.6. The molecule has 0 atom stereocenters. The first-order valence-corrected chi connectivity index (χ1v) is 7.47. The maximum absolute atomic E-state index is 6.05. The normalized spacial score (nSPS) is 11.0. The Labute approximate surface area is 131 Å². The standard InChI is InChI=1S/C21H19O/c1-21(2,3)20-15-17(14-13-16-9-5-4-6-10-16)18-11-7-8-12-19(18)22-20/h4-12,15H,1-3H3/q+1. The number of para-hydroxylation sites is 1. The number of fused-ring (bicyclic) bond motifs is 1. The lowest BCUT2D eigenvalue weighted by molar-refractivity contribution is 0.422.